The molecule has 2 saturated heterocycles. The van der Waals surface area contributed by atoms with Gasteiger partial charge in [-0.3, -0.25) is 19.6 Å². The highest BCUT2D eigenvalue weighted by atomic mass is 32.2. The normalized spacial score (nSPS) is 23.8. The maximum Gasteiger partial charge on any atom is 0.407 e. The first-order valence-corrected chi connectivity index (χ1v) is 26.5. The molecule has 2 unspecified atom stereocenters. The molecule has 2 aromatic carbocycles. The van der Waals surface area contributed by atoms with Crippen LogP contribution in [-0.2, 0) is 55.7 Å². The van der Waals surface area contributed by atoms with Crippen LogP contribution in [0.3, 0.4) is 0 Å². The van der Waals surface area contributed by atoms with Gasteiger partial charge >= 0.3 is 12.2 Å². The van der Waals surface area contributed by atoms with E-state index in [9.17, 15) is 44.0 Å². The van der Waals surface area contributed by atoms with E-state index in [4.69, 9.17) is 9.47 Å². The number of likely N-dealkylation sites (N-methyl/N-ethyl adjacent to an activating group) is 2. The van der Waals surface area contributed by atoms with Crippen molar-refractivity contribution in [3.63, 3.8) is 0 Å². The molecule has 2 aromatic heterocycles. The molecule has 6 atom stereocenters. The third-order valence-corrected chi connectivity index (χ3v) is 14.4. The van der Waals surface area contributed by atoms with Gasteiger partial charge in [0.2, 0.25) is 0 Å². The molecule has 18 nitrogen and oxygen atoms in total. The molecule has 4 aliphatic heterocycles. The van der Waals surface area contributed by atoms with Crippen LogP contribution in [0.4, 0.5) is 27.2 Å². The van der Waals surface area contributed by atoms with E-state index < -0.39 is 90.9 Å². The Morgan fingerprint density at radius 1 is 0.671 bits per heavy atom. The van der Waals surface area contributed by atoms with Crippen molar-refractivity contribution in [2.45, 2.75) is 128 Å². The Morgan fingerprint density at radius 2 is 1.13 bits per heavy atom. The zero-order valence-corrected chi connectivity index (χ0v) is 42.5. The minimum atomic E-state index is -3.53. The van der Waals surface area contributed by atoms with Gasteiger partial charge in [-0.15, -0.1) is 0 Å². The monoisotopic (exact) mass is 1020 g/mol. The minimum Gasteiger partial charge on any atom is -0.444 e. The lowest BCUT2D eigenvalue weighted by Crippen LogP contribution is -2.57. The zero-order chi connectivity index (χ0) is 51.4. The molecule has 384 valence electrons. The number of hydrogen-bond donors (Lipinski definition) is 2. The van der Waals surface area contributed by atoms with Crippen molar-refractivity contribution in [3.8, 4) is 0 Å². The zero-order valence-electron chi connectivity index (χ0n) is 40.9. The van der Waals surface area contributed by atoms with Gasteiger partial charge in [-0.2, -0.15) is 18.4 Å². The molecule has 70 heavy (non-hydrogen) atoms. The Labute approximate surface area is 406 Å². The Kier molecular flexibility index (Phi) is 14.9. The van der Waals surface area contributed by atoms with Crippen molar-refractivity contribution < 1.29 is 53.5 Å². The van der Waals surface area contributed by atoms with E-state index in [-0.39, 0.29) is 23.2 Å². The second-order valence-corrected chi connectivity index (χ2v) is 24.3. The summed E-state index contributed by atoms with van der Waals surface area (Å²) in [4.78, 5) is 33.4. The third-order valence-electron chi connectivity index (χ3n) is 12.6. The Morgan fingerprint density at radius 3 is 1.56 bits per heavy atom. The minimum absolute atomic E-state index is 0.0475. The van der Waals surface area contributed by atoms with Crippen LogP contribution in [0.1, 0.15) is 100 Å². The van der Waals surface area contributed by atoms with Crippen LogP contribution in [0.5, 0.6) is 0 Å². The number of halogens is 4. The number of rotatable bonds is 8. The molecule has 24 heteroatoms. The topological polar surface area (TPSA) is 194 Å². The lowest BCUT2D eigenvalue weighted by atomic mass is 9.87. The number of nitrogens with one attached hydrogen (secondary N) is 2. The first-order valence-electron chi connectivity index (χ1n) is 22.8. The number of carbonyl (C=O) groups is 2. The van der Waals surface area contributed by atoms with Crippen LogP contribution in [0, 0.1) is 23.3 Å². The second-order valence-electron chi connectivity index (χ2n) is 20.7. The van der Waals surface area contributed by atoms with Crippen molar-refractivity contribution in [2.24, 2.45) is 0 Å². The molecule has 0 aliphatic carbocycles. The van der Waals surface area contributed by atoms with E-state index in [1.165, 1.54) is 12.3 Å². The van der Waals surface area contributed by atoms with Gasteiger partial charge < -0.3 is 20.1 Å². The van der Waals surface area contributed by atoms with Crippen molar-refractivity contribution in [1.29, 1.82) is 0 Å². The summed E-state index contributed by atoms with van der Waals surface area (Å²) in [6.45, 7) is 13.4. The van der Waals surface area contributed by atoms with Gasteiger partial charge in [-0.25, -0.2) is 44.0 Å². The van der Waals surface area contributed by atoms with E-state index in [1.54, 1.807) is 54.8 Å². The van der Waals surface area contributed by atoms with Crippen molar-refractivity contribution in [3.05, 3.63) is 106 Å². The van der Waals surface area contributed by atoms with E-state index >= 15 is 0 Å². The van der Waals surface area contributed by atoms with Gasteiger partial charge in [0.25, 0.3) is 20.0 Å². The fourth-order valence-electron chi connectivity index (χ4n) is 9.89. The molecule has 2 amide bonds. The van der Waals surface area contributed by atoms with Crippen LogP contribution < -0.4 is 10.6 Å². The van der Waals surface area contributed by atoms with Gasteiger partial charge in [-0.05, 0) is 105 Å². The van der Waals surface area contributed by atoms with Gasteiger partial charge in [0, 0.05) is 79.8 Å². The molecule has 0 spiro atoms. The summed E-state index contributed by atoms with van der Waals surface area (Å²) in [7, 11) is -3.39. The number of benzene rings is 2. The fraction of sp³-hybridized carbons (Fsp3) is 0.565. The lowest BCUT2D eigenvalue weighted by Gasteiger charge is -2.46. The number of hydrogen-bond acceptors (Lipinski definition) is 14. The maximum absolute atomic E-state index is 14.8. The standard InChI is InChI=1S/2C23H31F2N5O4S/c1-23(2,3)34-22(31)26-19-9-16(12-28(4)21(19)17-8-15(24)6-7-18(17)25)29-10-14-11-30(35(5,32)33)27-20(14)13-29;1-23(2,3)34-22(31)27-19-9-16(12-28(4)21(19)17-8-15(24)6-7-18(17)25)29-11-14-10-26-30(20(14)13-29)35(5,32)33/h6-8,11,16,19,21H,9-10,12-13H2,1-5H3,(H,26,31);6-8,10,16,19,21H,9,11-13H2,1-5H3,(H,27,31)/t2*16-,19+,21?/m11/s1. The Balaban J connectivity index is 0.000000206. The Bertz CT molecular complexity index is 2810. The molecular weight excluding hydrogens is 961 g/mol. The fourth-order valence-corrected chi connectivity index (χ4v) is 11.2. The summed E-state index contributed by atoms with van der Waals surface area (Å²) < 4.78 is 118. The van der Waals surface area contributed by atoms with E-state index in [2.05, 4.69) is 30.6 Å². The molecule has 4 aliphatic rings. The summed E-state index contributed by atoms with van der Waals surface area (Å²) >= 11 is 0. The highest BCUT2D eigenvalue weighted by Gasteiger charge is 2.44. The van der Waals surface area contributed by atoms with Crippen LogP contribution in [0.2, 0.25) is 0 Å². The predicted octanol–water partition coefficient (Wildman–Crippen LogP) is 5.25. The quantitative estimate of drug-likeness (QED) is 0.218. The number of carbonyl (C=O) groups excluding carboxylic acids is 2. The molecule has 4 aromatic rings. The second kappa shape index (κ2) is 19.8. The molecular formula is C46H62F4N10O8S2. The summed E-state index contributed by atoms with van der Waals surface area (Å²) in [5.74, 6) is -2.22. The Hall–Kier alpha value is -5.14. The average molecular weight is 1020 g/mol. The SMILES string of the molecule is CN1C[C@H](N2Cc3cn(S(C)(=O)=O)nc3C2)C[C@H](NC(=O)OC(C)(C)C)C1c1cc(F)ccc1F.CN1C[C@H](N2Cc3cnn(S(C)(=O)=O)c3C2)C[C@H](NC(=O)OC(C)(C)C)C1c1cc(F)ccc1F. The molecule has 0 radical (unpaired) electrons. The van der Waals surface area contributed by atoms with Gasteiger partial charge in [-0.1, -0.05) is 0 Å². The highest BCUT2D eigenvalue weighted by molar-refractivity contribution is 7.89. The third kappa shape index (κ3) is 12.3. The molecule has 8 rings (SSSR count). The largest absolute Gasteiger partial charge is 0.444 e. The molecule has 2 N–H and O–H groups in total. The summed E-state index contributed by atoms with van der Waals surface area (Å²) in [5.41, 5.74) is 1.84. The predicted molar refractivity (Wildman–Crippen MR) is 250 cm³/mol. The van der Waals surface area contributed by atoms with Gasteiger partial charge in [0.1, 0.15) is 34.5 Å². The first-order chi connectivity index (χ1) is 32.4. The highest BCUT2D eigenvalue weighted by Crippen LogP contribution is 2.38. The van der Waals surface area contributed by atoms with Crippen LogP contribution >= 0.6 is 0 Å². The smallest absolute Gasteiger partial charge is 0.407 e. The molecule has 2 fully saturated rings. The van der Waals surface area contributed by atoms with Gasteiger partial charge in [0.05, 0.1) is 54.3 Å². The first kappa shape index (κ1) is 52.7. The molecule has 6 heterocycles. The summed E-state index contributed by atoms with van der Waals surface area (Å²) in [6.07, 6.45) is 4.91. The van der Waals surface area contributed by atoms with Crippen molar-refractivity contribution in [1.82, 2.24) is 48.6 Å². The van der Waals surface area contributed by atoms with Crippen molar-refractivity contribution in [2.75, 3.05) is 39.7 Å². The van der Waals surface area contributed by atoms with Crippen LogP contribution in [0.25, 0.3) is 0 Å². The lowest BCUT2D eigenvalue weighted by molar-refractivity contribution is 0.0250. The molecule has 0 saturated carbocycles. The van der Waals surface area contributed by atoms with Crippen LogP contribution in [-0.4, -0.2) is 142 Å². The number of nitrogens with zero attached hydrogens (tertiary/aromatic N) is 8. The van der Waals surface area contributed by atoms with Gasteiger partial charge in [0.15, 0.2) is 0 Å². The maximum atomic E-state index is 14.8. The van der Waals surface area contributed by atoms with Crippen LogP contribution in [0.15, 0.2) is 48.8 Å². The number of fused-ring (bicyclic) bond motifs is 2. The number of alkyl carbamates (subject to hydrolysis) is 2. The number of likely N-dealkylation sites (tertiary alicyclic amines) is 2. The number of amides is 2. The average Bonchev–Trinajstić information content (AvgIpc) is 4.00. The van der Waals surface area contributed by atoms with Crippen molar-refractivity contribution >= 4 is 32.2 Å². The summed E-state index contributed by atoms with van der Waals surface area (Å²) in [5, 5.41) is 14.0. The van der Waals surface area contributed by atoms with E-state index in [1.807, 2.05) is 16.8 Å². The number of piperidine rings is 2. The number of ether oxygens (including phenoxy) is 2. The van der Waals surface area contributed by atoms with E-state index in [0.717, 1.165) is 62.1 Å². The molecule has 0 bridgehead atoms. The van der Waals surface area contributed by atoms with E-state index in [0.29, 0.717) is 63.5 Å². The number of aromatic nitrogens is 4. The summed E-state index contributed by atoms with van der Waals surface area (Å²) in [6, 6.07) is 4.13.